The van der Waals surface area contributed by atoms with Crippen LogP contribution in [-0.2, 0) is 6.42 Å². The molecule has 0 radical (unpaired) electrons. The van der Waals surface area contributed by atoms with Crippen molar-refractivity contribution < 1.29 is 0 Å². The highest BCUT2D eigenvalue weighted by atomic mass is 35.5. The fourth-order valence-corrected chi connectivity index (χ4v) is 2.67. The van der Waals surface area contributed by atoms with Crippen LogP contribution in [0.3, 0.4) is 0 Å². The van der Waals surface area contributed by atoms with Gasteiger partial charge in [0.15, 0.2) is 0 Å². The minimum Gasteiger partial charge on any atom is -0.324 e. The van der Waals surface area contributed by atoms with Gasteiger partial charge in [-0.1, -0.05) is 41.4 Å². The molecule has 106 valence electrons. The Labute approximate surface area is 132 Å². The summed E-state index contributed by atoms with van der Waals surface area (Å²) in [5.74, 6) is 0. The number of hydrogen-bond donors (Lipinski definition) is 1. The molecule has 0 aliphatic heterocycles. The summed E-state index contributed by atoms with van der Waals surface area (Å²) in [4.78, 5) is 8.55. The molecule has 2 N–H and O–H groups in total. The topological polar surface area (TPSA) is 51.8 Å². The highest BCUT2D eigenvalue weighted by molar-refractivity contribution is 6.42. The second-order valence-corrected chi connectivity index (χ2v) is 5.61. The number of rotatable bonds is 3. The molecule has 1 atom stereocenters. The standard InChI is InChI=1S/C16H13Cl2N3/c17-12-3-1-2-11(16(12)18)8-13(19)10-4-5-14-15(9-10)21-7-6-20-14/h1-7,9,13H,8,19H2. The van der Waals surface area contributed by atoms with Crippen molar-refractivity contribution in [1.82, 2.24) is 9.97 Å². The van der Waals surface area contributed by atoms with E-state index in [4.69, 9.17) is 28.9 Å². The second kappa shape index (κ2) is 5.98. The summed E-state index contributed by atoms with van der Waals surface area (Å²) in [6.07, 6.45) is 3.96. The lowest BCUT2D eigenvalue weighted by Gasteiger charge is -2.14. The van der Waals surface area contributed by atoms with Crippen LogP contribution >= 0.6 is 23.2 Å². The second-order valence-electron chi connectivity index (χ2n) is 4.83. The predicted octanol–water partition coefficient (Wildman–Crippen LogP) is 4.18. The molecule has 1 aromatic heterocycles. The highest BCUT2D eigenvalue weighted by Crippen LogP contribution is 2.29. The van der Waals surface area contributed by atoms with Gasteiger partial charge in [-0.15, -0.1) is 0 Å². The zero-order chi connectivity index (χ0) is 14.8. The van der Waals surface area contributed by atoms with Crippen molar-refractivity contribution in [2.24, 2.45) is 5.73 Å². The third kappa shape index (κ3) is 3.00. The number of hydrogen-bond acceptors (Lipinski definition) is 3. The first-order valence-corrected chi connectivity index (χ1v) is 7.30. The Hall–Kier alpha value is -1.68. The van der Waals surface area contributed by atoms with E-state index in [-0.39, 0.29) is 6.04 Å². The molecule has 1 heterocycles. The van der Waals surface area contributed by atoms with Crippen LogP contribution in [0.5, 0.6) is 0 Å². The lowest BCUT2D eigenvalue weighted by atomic mass is 9.99. The van der Waals surface area contributed by atoms with Gasteiger partial charge in [0.25, 0.3) is 0 Å². The summed E-state index contributed by atoms with van der Waals surface area (Å²) in [5.41, 5.74) is 9.92. The number of aromatic nitrogens is 2. The van der Waals surface area contributed by atoms with Gasteiger partial charge in [-0.05, 0) is 35.7 Å². The van der Waals surface area contributed by atoms with E-state index in [1.807, 2.05) is 30.3 Å². The fraction of sp³-hybridized carbons (Fsp3) is 0.125. The molecule has 1 unspecified atom stereocenters. The van der Waals surface area contributed by atoms with E-state index in [1.54, 1.807) is 18.5 Å². The van der Waals surface area contributed by atoms with E-state index >= 15 is 0 Å². The molecule has 2 aromatic carbocycles. The van der Waals surface area contributed by atoms with Crippen molar-refractivity contribution in [3.8, 4) is 0 Å². The van der Waals surface area contributed by atoms with Crippen LogP contribution in [0.15, 0.2) is 48.8 Å². The summed E-state index contributed by atoms with van der Waals surface area (Å²) in [7, 11) is 0. The maximum absolute atomic E-state index is 6.29. The van der Waals surface area contributed by atoms with Crippen molar-refractivity contribution in [3.05, 3.63) is 70.0 Å². The van der Waals surface area contributed by atoms with Gasteiger partial charge in [0, 0.05) is 18.4 Å². The van der Waals surface area contributed by atoms with Crippen LogP contribution in [0.4, 0.5) is 0 Å². The van der Waals surface area contributed by atoms with Gasteiger partial charge in [0.05, 0.1) is 21.1 Å². The minimum atomic E-state index is -0.174. The fourth-order valence-electron chi connectivity index (χ4n) is 2.27. The molecular formula is C16H13Cl2N3. The molecule has 0 aliphatic carbocycles. The van der Waals surface area contributed by atoms with E-state index in [2.05, 4.69) is 9.97 Å². The van der Waals surface area contributed by atoms with Crippen molar-refractivity contribution >= 4 is 34.2 Å². The Bertz CT molecular complexity index is 789. The van der Waals surface area contributed by atoms with Gasteiger partial charge in [0.2, 0.25) is 0 Å². The molecule has 0 aliphatic rings. The van der Waals surface area contributed by atoms with E-state index in [9.17, 15) is 0 Å². The van der Waals surface area contributed by atoms with E-state index in [1.165, 1.54) is 0 Å². The quantitative estimate of drug-likeness (QED) is 0.788. The van der Waals surface area contributed by atoms with Gasteiger partial charge in [-0.3, -0.25) is 9.97 Å². The van der Waals surface area contributed by atoms with Crippen molar-refractivity contribution in [2.75, 3.05) is 0 Å². The van der Waals surface area contributed by atoms with Gasteiger partial charge in [-0.2, -0.15) is 0 Å². The van der Waals surface area contributed by atoms with Crippen LogP contribution in [0, 0.1) is 0 Å². The normalized spacial score (nSPS) is 12.5. The zero-order valence-electron chi connectivity index (χ0n) is 11.1. The minimum absolute atomic E-state index is 0.174. The van der Waals surface area contributed by atoms with E-state index in [0.717, 1.165) is 22.2 Å². The summed E-state index contributed by atoms with van der Waals surface area (Å²) in [5, 5.41) is 1.11. The third-order valence-corrected chi connectivity index (χ3v) is 4.25. The smallest absolute Gasteiger partial charge is 0.0890 e. The maximum Gasteiger partial charge on any atom is 0.0890 e. The Morgan fingerprint density at radius 1 is 1.00 bits per heavy atom. The molecule has 0 fully saturated rings. The third-order valence-electron chi connectivity index (χ3n) is 3.39. The number of halogens is 2. The van der Waals surface area contributed by atoms with Crippen molar-refractivity contribution in [2.45, 2.75) is 12.5 Å². The van der Waals surface area contributed by atoms with E-state index in [0.29, 0.717) is 16.5 Å². The average Bonchev–Trinajstić information content (AvgIpc) is 2.51. The number of nitrogens with two attached hydrogens (primary N) is 1. The lowest BCUT2D eigenvalue weighted by Crippen LogP contribution is -2.13. The molecule has 3 rings (SSSR count). The average molecular weight is 318 g/mol. The monoisotopic (exact) mass is 317 g/mol. The lowest BCUT2D eigenvalue weighted by molar-refractivity contribution is 0.723. The molecule has 0 amide bonds. The molecule has 0 saturated carbocycles. The Morgan fingerprint density at radius 2 is 1.76 bits per heavy atom. The number of benzene rings is 2. The van der Waals surface area contributed by atoms with Crippen molar-refractivity contribution in [3.63, 3.8) is 0 Å². The largest absolute Gasteiger partial charge is 0.324 e. The molecule has 5 heteroatoms. The Morgan fingerprint density at radius 3 is 2.57 bits per heavy atom. The highest BCUT2D eigenvalue weighted by Gasteiger charge is 2.12. The van der Waals surface area contributed by atoms with Crippen LogP contribution < -0.4 is 5.73 Å². The summed E-state index contributed by atoms with van der Waals surface area (Å²) < 4.78 is 0. The molecule has 0 bridgehead atoms. The maximum atomic E-state index is 6.29. The molecule has 3 aromatic rings. The van der Waals surface area contributed by atoms with Gasteiger partial charge in [0.1, 0.15) is 0 Å². The van der Waals surface area contributed by atoms with E-state index < -0.39 is 0 Å². The SMILES string of the molecule is NC(Cc1cccc(Cl)c1Cl)c1ccc2nccnc2c1. The van der Waals surface area contributed by atoms with Crippen LogP contribution in [0.2, 0.25) is 10.0 Å². The summed E-state index contributed by atoms with van der Waals surface area (Å²) >= 11 is 12.2. The van der Waals surface area contributed by atoms with Crippen LogP contribution in [0.1, 0.15) is 17.2 Å². The Kier molecular flexibility index (Phi) is 4.06. The number of fused-ring (bicyclic) bond motifs is 1. The van der Waals surface area contributed by atoms with Gasteiger partial charge in [-0.25, -0.2) is 0 Å². The van der Waals surface area contributed by atoms with Gasteiger partial charge < -0.3 is 5.73 Å². The first-order chi connectivity index (χ1) is 10.1. The van der Waals surface area contributed by atoms with Crippen LogP contribution in [-0.4, -0.2) is 9.97 Å². The number of nitrogens with zero attached hydrogens (tertiary/aromatic N) is 2. The van der Waals surface area contributed by atoms with Gasteiger partial charge >= 0.3 is 0 Å². The first-order valence-electron chi connectivity index (χ1n) is 6.54. The zero-order valence-corrected chi connectivity index (χ0v) is 12.6. The summed E-state index contributed by atoms with van der Waals surface area (Å²) in [6, 6.07) is 11.3. The molecule has 0 saturated heterocycles. The van der Waals surface area contributed by atoms with Crippen molar-refractivity contribution in [1.29, 1.82) is 0 Å². The molecule has 3 nitrogen and oxygen atoms in total. The predicted molar refractivity (Wildman–Crippen MR) is 86.6 cm³/mol. The molecular weight excluding hydrogens is 305 g/mol. The molecule has 21 heavy (non-hydrogen) atoms. The summed E-state index contributed by atoms with van der Waals surface area (Å²) in [6.45, 7) is 0. The Balaban J connectivity index is 1.89. The van der Waals surface area contributed by atoms with Crippen LogP contribution in [0.25, 0.3) is 11.0 Å². The molecule has 0 spiro atoms. The first kappa shape index (κ1) is 14.3.